The van der Waals surface area contributed by atoms with Gasteiger partial charge in [-0.25, -0.2) is 4.90 Å². The summed E-state index contributed by atoms with van der Waals surface area (Å²) in [5, 5.41) is 11.1. The molecule has 1 heterocycles. The van der Waals surface area contributed by atoms with Crippen LogP contribution >= 0.6 is 0 Å². The number of rotatable bonds is 1. The fraction of sp³-hybridized carbons (Fsp3) is 0. The van der Waals surface area contributed by atoms with Gasteiger partial charge in [0.25, 0.3) is 11.8 Å². The van der Waals surface area contributed by atoms with Crippen molar-refractivity contribution in [2.24, 2.45) is 0 Å². The molecule has 0 radical (unpaired) electrons. The molecule has 3 aromatic rings. The topological polar surface area (TPSA) is 83.6 Å². The van der Waals surface area contributed by atoms with Gasteiger partial charge in [-0.05, 0) is 35.7 Å². The molecular formula is C18H12N2O3. The Balaban J connectivity index is 2.04. The van der Waals surface area contributed by atoms with E-state index < -0.39 is 11.8 Å². The number of hydrogen-bond acceptors (Lipinski definition) is 4. The SMILES string of the molecule is Nc1ccccc1N1C(=O)c2cccc3cc(O)cc(c23)C1=O. The second-order valence-corrected chi connectivity index (χ2v) is 5.40. The number of carbonyl (C=O) groups is 2. The average Bonchev–Trinajstić information content (AvgIpc) is 2.54. The zero-order chi connectivity index (χ0) is 16.1. The predicted molar refractivity (Wildman–Crippen MR) is 87.6 cm³/mol. The van der Waals surface area contributed by atoms with Crippen LogP contribution in [0.25, 0.3) is 10.8 Å². The second-order valence-electron chi connectivity index (χ2n) is 5.40. The van der Waals surface area contributed by atoms with E-state index in [1.54, 1.807) is 42.5 Å². The smallest absolute Gasteiger partial charge is 0.266 e. The summed E-state index contributed by atoms with van der Waals surface area (Å²) in [6.45, 7) is 0. The first kappa shape index (κ1) is 13.3. The molecule has 5 nitrogen and oxygen atoms in total. The van der Waals surface area contributed by atoms with E-state index >= 15 is 0 Å². The minimum absolute atomic E-state index is 0.0201. The minimum Gasteiger partial charge on any atom is -0.508 e. The highest BCUT2D eigenvalue weighted by Crippen LogP contribution is 2.36. The maximum Gasteiger partial charge on any atom is 0.266 e. The Bertz CT molecular complexity index is 995. The van der Waals surface area contributed by atoms with Crippen LogP contribution in [0.15, 0.2) is 54.6 Å². The average molecular weight is 304 g/mol. The third kappa shape index (κ3) is 1.80. The lowest BCUT2D eigenvalue weighted by atomic mass is 9.93. The second kappa shape index (κ2) is 4.58. The van der Waals surface area contributed by atoms with Gasteiger partial charge in [0, 0.05) is 10.9 Å². The van der Waals surface area contributed by atoms with Crippen molar-refractivity contribution < 1.29 is 14.7 Å². The van der Waals surface area contributed by atoms with Crippen molar-refractivity contribution in [1.29, 1.82) is 0 Å². The summed E-state index contributed by atoms with van der Waals surface area (Å²) >= 11 is 0. The zero-order valence-electron chi connectivity index (χ0n) is 12.0. The van der Waals surface area contributed by atoms with E-state index in [1.165, 1.54) is 12.1 Å². The van der Waals surface area contributed by atoms with Gasteiger partial charge in [0.1, 0.15) is 5.75 Å². The molecule has 112 valence electrons. The van der Waals surface area contributed by atoms with E-state index in [9.17, 15) is 14.7 Å². The van der Waals surface area contributed by atoms with Gasteiger partial charge >= 0.3 is 0 Å². The number of benzene rings is 3. The highest BCUT2D eigenvalue weighted by molar-refractivity contribution is 6.36. The van der Waals surface area contributed by atoms with Crippen LogP contribution in [0.3, 0.4) is 0 Å². The van der Waals surface area contributed by atoms with Gasteiger partial charge in [-0.1, -0.05) is 24.3 Å². The van der Waals surface area contributed by atoms with E-state index in [4.69, 9.17) is 5.73 Å². The van der Waals surface area contributed by atoms with Crippen LogP contribution in [-0.2, 0) is 0 Å². The van der Waals surface area contributed by atoms with Crippen molar-refractivity contribution in [3.05, 3.63) is 65.7 Å². The molecule has 5 heteroatoms. The van der Waals surface area contributed by atoms with Crippen molar-refractivity contribution in [2.45, 2.75) is 0 Å². The van der Waals surface area contributed by atoms with Gasteiger partial charge in [-0.2, -0.15) is 0 Å². The first-order valence-electron chi connectivity index (χ1n) is 7.07. The van der Waals surface area contributed by atoms with Gasteiger partial charge < -0.3 is 10.8 Å². The standard InChI is InChI=1S/C18H12N2O3/c19-14-6-1-2-7-15(14)20-17(22)12-5-3-4-10-8-11(21)9-13(16(10)12)18(20)23/h1-9,21H,19H2. The van der Waals surface area contributed by atoms with Crippen molar-refractivity contribution in [3.8, 4) is 5.75 Å². The van der Waals surface area contributed by atoms with Crippen molar-refractivity contribution >= 4 is 34.0 Å². The molecule has 0 aliphatic carbocycles. The maximum absolute atomic E-state index is 12.9. The largest absolute Gasteiger partial charge is 0.508 e. The summed E-state index contributed by atoms with van der Waals surface area (Å²) in [5.41, 5.74) is 7.31. The molecule has 0 saturated heterocycles. The third-order valence-electron chi connectivity index (χ3n) is 4.01. The molecule has 0 atom stereocenters. The number of anilines is 2. The molecule has 0 bridgehead atoms. The number of phenolic OH excluding ortho intramolecular Hbond substituents is 1. The maximum atomic E-state index is 12.9. The summed E-state index contributed by atoms with van der Waals surface area (Å²) in [6.07, 6.45) is 0. The van der Waals surface area contributed by atoms with Crippen LogP contribution in [0.1, 0.15) is 20.7 Å². The third-order valence-corrected chi connectivity index (χ3v) is 4.01. The number of aromatic hydroxyl groups is 1. The molecule has 1 aliphatic rings. The van der Waals surface area contributed by atoms with Gasteiger partial charge in [-0.3, -0.25) is 9.59 Å². The van der Waals surface area contributed by atoms with Crippen LogP contribution in [0.5, 0.6) is 5.75 Å². The normalized spacial score (nSPS) is 13.7. The number of phenols is 1. The first-order chi connectivity index (χ1) is 11.1. The summed E-state index contributed by atoms with van der Waals surface area (Å²) in [7, 11) is 0. The van der Waals surface area contributed by atoms with Crippen LogP contribution in [0, 0.1) is 0 Å². The Kier molecular flexibility index (Phi) is 2.65. The van der Waals surface area contributed by atoms with Gasteiger partial charge in [0.15, 0.2) is 0 Å². The van der Waals surface area contributed by atoms with Gasteiger partial charge in [0.2, 0.25) is 0 Å². The van der Waals surface area contributed by atoms with Gasteiger partial charge in [-0.15, -0.1) is 0 Å². The Labute approximate surface area is 131 Å². The molecule has 0 spiro atoms. The van der Waals surface area contributed by atoms with Crippen molar-refractivity contribution in [3.63, 3.8) is 0 Å². The van der Waals surface area contributed by atoms with E-state index in [-0.39, 0.29) is 5.75 Å². The number of nitrogens with two attached hydrogens (primary N) is 1. The molecule has 3 aromatic carbocycles. The number of nitrogen functional groups attached to an aromatic ring is 1. The highest BCUT2D eigenvalue weighted by atomic mass is 16.3. The zero-order valence-corrected chi connectivity index (χ0v) is 12.0. The molecule has 0 saturated carbocycles. The number of carbonyl (C=O) groups excluding carboxylic acids is 2. The predicted octanol–water partition coefficient (Wildman–Crippen LogP) is 2.93. The Morgan fingerprint density at radius 1 is 0.870 bits per heavy atom. The van der Waals surface area contributed by atoms with Crippen molar-refractivity contribution in [2.75, 3.05) is 10.6 Å². The molecular weight excluding hydrogens is 292 g/mol. The van der Waals surface area contributed by atoms with Crippen LogP contribution < -0.4 is 10.6 Å². The highest BCUT2D eigenvalue weighted by Gasteiger charge is 2.35. The molecule has 1 aliphatic heterocycles. The lowest BCUT2D eigenvalue weighted by Gasteiger charge is -2.28. The lowest BCUT2D eigenvalue weighted by Crippen LogP contribution is -2.40. The summed E-state index contributed by atoms with van der Waals surface area (Å²) in [6, 6.07) is 14.8. The molecule has 2 amide bonds. The lowest BCUT2D eigenvalue weighted by molar-refractivity contribution is 0.0893. The minimum atomic E-state index is -0.493. The summed E-state index contributed by atoms with van der Waals surface area (Å²) in [5.74, 6) is -0.933. The number of para-hydroxylation sites is 2. The van der Waals surface area contributed by atoms with E-state index in [0.29, 0.717) is 33.3 Å². The van der Waals surface area contributed by atoms with Crippen LogP contribution in [0.2, 0.25) is 0 Å². The fourth-order valence-corrected chi connectivity index (χ4v) is 3.00. The number of hydrogen-bond donors (Lipinski definition) is 2. The molecule has 0 fully saturated rings. The van der Waals surface area contributed by atoms with Crippen LogP contribution in [-0.4, -0.2) is 16.9 Å². The molecule has 3 N–H and O–H groups in total. The Morgan fingerprint density at radius 2 is 1.61 bits per heavy atom. The van der Waals surface area contributed by atoms with Crippen LogP contribution in [0.4, 0.5) is 11.4 Å². The fourth-order valence-electron chi connectivity index (χ4n) is 3.00. The Hall–Kier alpha value is -3.34. The Morgan fingerprint density at radius 3 is 2.39 bits per heavy atom. The summed E-state index contributed by atoms with van der Waals surface area (Å²) < 4.78 is 0. The van der Waals surface area contributed by atoms with E-state index in [2.05, 4.69) is 0 Å². The monoisotopic (exact) mass is 304 g/mol. The molecule has 4 rings (SSSR count). The molecule has 23 heavy (non-hydrogen) atoms. The number of imide groups is 1. The van der Waals surface area contributed by atoms with E-state index in [1.807, 2.05) is 0 Å². The van der Waals surface area contributed by atoms with Crippen molar-refractivity contribution in [1.82, 2.24) is 0 Å². The first-order valence-corrected chi connectivity index (χ1v) is 7.07. The molecule has 0 unspecified atom stereocenters. The van der Waals surface area contributed by atoms with E-state index in [0.717, 1.165) is 4.90 Å². The quantitative estimate of drug-likeness (QED) is 0.535. The summed E-state index contributed by atoms with van der Waals surface area (Å²) in [4.78, 5) is 26.8. The number of amides is 2. The van der Waals surface area contributed by atoms with Gasteiger partial charge in [0.05, 0.1) is 16.9 Å². The number of nitrogens with zero attached hydrogens (tertiary/aromatic N) is 1. The molecule has 0 aromatic heterocycles.